The van der Waals surface area contributed by atoms with Crippen LogP contribution in [0.4, 0.5) is 80.2 Å². The van der Waals surface area contributed by atoms with Gasteiger partial charge in [-0.3, -0.25) is 9.80 Å². The van der Waals surface area contributed by atoms with Crippen molar-refractivity contribution < 1.29 is 104 Å². The summed E-state index contributed by atoms with van der Waals surface area (Å²) in [5.74, 6) is -2.76. The number of fused-ring (bicyclic) bond motifs is 2. The minimum atomic E-state index is -5.75. The maximum Gasteiger partial charge on any atom is 0.490 e. The lowest BCUT2D eigenvalue weighted by Gasteiger charge is -2.45. The summed E-state index contributed by atoms with van der Waals surface area (Å²) < 4.78 is 199. The highest BCUT2D eigenvalue weighted by molar-refractivity contribution is 5.73. The monoisotopic (exact) mass is 1170 g/mol. The second-order valence-electron chi connectivity index (χ2n) is 21.7. The molecule has 6 aliphatic heterocycles. The lowest BCUT2D eigenvalue weighted by atomic mass is 9.84. The van der Waals surface area contributed by atoms with E-state index in [4.69, 9.17) is 14.6 Å². The zero-order chi connectivity index (χ0) is 59.4. The zero-order valence-electron chi connectivity index (χ0n) is 43.9. The van der Waals surface area contributed by atoms with Crippen molar-refractivity contribution in [1.82, 2.24) is 29.8 Å². The van der Waals surface area contributed by atoms with Gasteiger partial charge in [-0.25, -0.2) is 19.2 Å². The van der Waals surface area contributed by atoms with Gasteiger partial charge in [0.15, 0.2) is 0 Å². The molecule has 4 fully saturated rings. The fourth-order valence-corrected chi connectivity index (χ4v) is 11.2. The number of ether oxygens (including phenoxy) is 3. The predicted octanol–water partition coefficient (Wildman–Crippen LogP) is 11.1. The Morgan fingerprint density at radius 1 is 0.550 bits per heavy atom. The highest BCUT2D eigenvalue weighted by Crippen LogP contribution is 2.44. The molecule has 2 aromatic rings. The van der Waals surface area contributed by atoms with Crippen molar-refractivity contribution in [1.29, 1.82) is 0 Å². The Balaban J connectivity index is 0.000000234. The number of aliphatic carboxylic acids is 1. The van der Waals surface area contributed by atoms with Crippen LogP contribution >= 0.6 is 0 Å². The first-order chi connectivity index (χ1) is 36.9. The molecule has 2 N–H and O–H groups in total. The molecule has 2 spiro atoms. The first-order valence-corrected chi connectivity index (χ1v) is 25.8. The lowest BCUT2D eigenvalue weighted by molar-refractivity contribution is -0.309. The highest BCUT2D eigenvalue weighted by Gasteiger charge is 2.62. The number of carboxylic acids is 1. The molecule has 8 rings (SSSR count). The van der Waals surface area contributed by atoms with Crippen molar-refractivity contribution in [2.75, 3.05) is 52.4 Å². The predicted molar refractivity (Wildman–Crippen MR) is 253 cm³/mol. The number of likely N-dealkylation sites (tertiary alicyclic amines) is 4. The van der Waals surface area contributed by atoms with Crippen LogP contribution in [0.5, 0.6) is 0 Å². The van der Waals surface area contributed by atoms with Gasteiger partial charge in [0.2, 0.25) is 0 Å². The van der Waals surface area contributed by atoms with E-state index in [1.54, 1.807) is 4.90 Å². The Bertz CT molecular complexity index is 2450. The van der Waals surface area contributed by atoms with Gasteiger partial charge in [-0.2, -0.15) is 65.9 Å². The third-order valence-electron chi connectivity index (χ3n) is 15.2. The van der Waals surface area contributed by atoms with Gasteiger partial charge in [0.1, 0.15) is 5.60 Å². The van der Waals surface area contributed by atoms with E-state index < -0.39 is 66.8 Å². The van der Waals surface area contributed by atoms with E-state index in [0.29, 0.717) is 51.7 Å². The molecule has 3 amide bonds. The normalized spacial score (nSPS) is 19.9. The number of benzene rings is 2. The molecule has 14 nitrogen and oxygen atoms in total. The molecule has 0 radical (unpaired) electrons. The van der Waals surface area contributed by atoms with Crippen molar-refractivity contribution in [3.8, 4) is 0 Å². The summed E-state index contributed by atoms with van der Waals surface area (Å²) in [7, 11) is 0. The topological polar surface area (TPSA) is 144 Å². The number of hydrogen-bond acceptors (Lipinski definition) is 10. The number of amides is 3. The van der Waals surface area contributed by atoms with Crippen LogP contribution in [0.2, 0.25) is 0 Å². The van der Waals surface area contributed by atoms with Crippen LogP contribution in [0.1, 0.15) is 106 Å². The SMILES string of the molecule is CC(C)(C)OC(=O)N1CCc2cccc(CN3CCCC34CCN(C(=O)OC(C(F)(F)F)C(F)(F)F)CC4)c2C1.O=C(O)C(F)(F)F.O=C(OC(C(F)(F)F)C(F)(F)F)N1CCC2(CCCN2Cc2cccc3c2CNCC3)CC1. The van der Waals surface area contributed by atoms with Gasteiger partial charge in [-0.15, -0.1) is 0 Å². The van der Waals surface area contributed by atoms with Gasteiger partial charge < -0.3 is 39.3 Å². The second kappa shape index (κ2) is 24.6. The molecule has 6 heterocycles. The minimum absolute atomic E-state index is 0.00289. The summed E-state index contributed by atoms with van der Waals surface area (Å²) in [6.07, 6.45) is -32.8. The smallest absolute Gasteiger partial charge is 0.475 e. The number of rotatable bonds is 6. The summed E-state index contributed by atoms with van der Waals surface area (Å²) in [6, 6.07) is 12.3. The van der Waals surface area contributed by atoms with Crippen LogP contribution < -0.4 is 5.32 Å². The number of carbonyl (C=O) groups is 4. The van der Waals surface area contributed by atoms with E-state index >= 15 is 0 Å². The number of carboxylic acid groups (broad SMARTS) is 1. The first kappa shape index (κ1) is 63.7. The summed E-state index contributed by atoms with van der Waals surface area (Å²) >= 11 is 0. The Morgan fingerprint density at radius 3 is 1.34 bits per heavy atom. The van der Waals surface area contributed by atoms with Crippen molar-refractivity contribution >= 4 is 24.2 Å². The van der Waals surface area contributed by atoms with Crippen molar-refractivity contribution in [3.63, 3.8) is 0 Å². The molecule has 450 valence electrons. The van der Waals surface area contributed by atoms with E-state index in [1.165, 1.54) is 16.7 Å². The molecular weight excluding hydrogens is 1110 g/mol. The Kier molecular flexibility index (Phi) is 19.6. The maximum atomic E-state index is 12.9. The first-order valence-electron chi connectivity index (χ1n) is 25.8. The van der Waals surface area contributed by atoms with Crippen LogP contribution in [0.15, 0.2) is 36.4 Å². The zero-order valence-corrected chi connectivity index (χ0v) is 43.9. The molecule has 0 saturated carbocycles. The largest absolute Gasteiger partial charge is 0.490 e. The molecular formula is C51H63F15N6O8. The van der Waals surface area contributed by atoms with Crippen LogP contribution in [0.3, 0.4) is 0 Å². The highest BCUT2D eigenvalue weighted by atomic mass is 19.4. The number of nitrogens with one attached hydrogen (secondary N) is 1. The van der Waals surface area contributed by atoms with E-state index in [2.05, 4.69) is 42.8 Å². The van der Waals surface area contributed by atoms with Crippen molar-refractivity contribution in [2.45, 2.75) is 171 Å². The number of piperidine rings is 2. The average molecular weight is 1170 g/mol. The van der Waals surface area contributed by atoms with Gasteiger partial charge in [-0.1, -0.05) is 36.4 Å². The average Bonchev–Trinajstić information content (AvgIpc) is 3.94. The van der Waals surface area contributed by atoms with E-state index in [0.717, 1.165) is 91.3 Å². The molecule has 0 aromatic heterocycles. The molecule has 4 saturated heterocycles. The van der Waals surface area contributed by atoms with Gasteiger partial charge in [0.05, 0.1) is 0 Å². The van der Waals surface area contributed by atoms with Crippen LogP contribution in [-0.2, 0) is 58.0 Å². The number of nitrogens with zero attached hydrogens (tertiary/aromatic N) is 5. The molecule has 29 heteroatoms. The van der Waals surface area contributed by atoms with Crippen LogP contribution in [0.25, 0.3) is 0 Å². The second-order valence-corrected chi connectivity index (χ2v) is 21.7. The number of halogens is 15. The molecule has 6 aliphatic rings. The van der Waals surface area contributed by atoms with Gasteiger partial charge in [-0.05, 0) is 138 Å². The maximum absolute atomic E-state index is 12.9. The van der Waals surface area contributed by atoms with E-state index in [9.17, 15) is 80.2 Å². The molecule has 0 atom stereocenters. The Hall–Kier alpha value is -5.45. The molecule has 2 aromatic carbocycles. The summed E-state index contributed by atoms with van der Waals surface area (Å²) in [4.78, 5) is 54.2. The minimum Gasteiger partial charge on any atom is -0.475 e. The molecule has 0 unspecified atom stereocenters. The van der Waals surface area contributed by atoms with E-state index in [1.807, 2.05) is 39.0 Å². The third-order valence-corrected chi connectivity index (χ3v) is 15.2. The van der Waals surface area contributed by atoms with E-state index in [-0.39, 0.29) is 43.4 Å². The Labute approximate surface area is 450 Å². The van der Waals surface area contributed by atoms with Gasteiger partial charge in [0.25, 0.3) is 12.2 Å². The van der Waals surface area contributed by atoms with Crippen LogP contribution in [-0.4, -0.2) is 166 Å². The van der Waals surface area contributed by atoms with Crippen molar-refractivity contribution in [3.05, 3.63) is 69.8 Å². The summed E-state index contributed by atoms with van der Waals surface area (Å²) in [5.41, 5.74) is 6.01. The standard InChI is InChI=1S/C27H35F6N3O4.C22H27F6N3O2.C2HF3O2/c1-24(2,3)40-23(38)35-13-8-18-6-4-7-19(20(18)17-35)16-36-12-5-9-25(36)10-14-34(15-11-25)22(37)39-21(26(28,29)30)27(31,32)33;23-21(24,25)18(22(26,27)28)33-19(32)30-11-7-20(8-12-30)6-2-10-31(20)14-16-4-1-3-15-5-9-29-13-17(15)16;3-2(4,5)1(6)7/h4,6-7,21H,5,8-17H2,1-3H3;1,3-4,18,29H,2,5-14H2;(H,6,7). The third kappa shape index (κ3) is 16.2. The summed E-state index contributed by atoms with van der Waals surface area (Å²) in [6.45, 7) is 11.2. The Morgan fingerprint density at radius 2 is 0.950 bits per heavy atom. The van der Waals surface area contributed by atoms with Gasteiger partial charge in [0, 0.05) is 70.0 Å². The van der Waals surface area contributed by atoms with Crippen molar-refractivity contribution in [2.24, 2.45) is 0 Å². The molecule has 0 aliphatic carbocycles. The fraction of sp³-hybridized carbons (Fsp3) is 0.686. The number of carbonyl (C=O) groups excluding carboxylic acids is 3. The number of hydrogen-bond donors (Lipinski definition) is 2. The fourth-order valence-electron chi connectivity index (χ4n) is 11.2. The summed E-state index contributed by atoms with van der Waals surface area (Å²) in [5, 5.41) is 10.5. The lowest BCUT2D eigenvalue weighted by Crippen LogP contribution is -2.54. The van der Waals surface area contributed by atoms with Gasteiger partial charge >= 0.3 is 55.1 Å². The molecule has 80 heavy (non-hydrogen) atoms. The quantitative estimate of drug-likeness (QED) is 0.211. The molecule has 0 bridgehead atoms. The number of alkyl halides is 15. The van der Waals surface area contributed by atoms with Crippen LogP contribution in [0, 0.1) is 0 Å².